The summed E-state index contributed by atoms with van der Waals surface area (Å²) in [5.41, 5.74) is 0.00430. The molecule has 0 aliphatic rings. The molecular weight excluding hydrogens is 351 g/mol. The Hall–Kier alpha value is -3.81. The Morgan fingerprint density at radius 1 is 1.19 bits per heavy atom. The molecule has 0 spiro atoms. The summed E-state index contributed by atoms with van der Waals surface area (Å²) in [7, 11) is 0. The molecule has 0 aliphatic carbocycles. The van der Waals surface area contributed by atoms with Crippen molar-refractivity contribution in [2.24, 2.45) is 0 Å². The van der Waals surface area contributed by atoms with Gasteiger partial charge in [0.25, 0.3) is 11.5 Å². The van der Waals surface area contributed by atoms with E-state index in [2.05, 4.69) is 20.0 Å². The lowest BCUT2D eigenvalue weighted by atomic mass is 10.1. The SMILES string of the molecule is O=C(Nc1ccon1)c1cc2cccnc2n(Cc2ccccc2F)c1=O. The maximum absolute atomic E-state index is 14.1. The van der Waals surface area contributed by atoms with E-state index in [0.29, 0.717) is 16.6 Å². The average Bonchev–Trinajstić information content (AvgIpc) is 3.18. The van der Waals surface area contributed by atoms with Crippen LogP contribution in [0.25, 0.3) is 11.0 Å². The minimum atomic E-state index is -0.637. The zero-order valence-electron chi connectivity index (χ0n) is 13.9. The van der Waals surface area contributed by atoms with Gasteiger partial charge in [-0.2, -0.15) is 0 Å². The van der Waals surface area contributed by atoms with Crippen molar-refractivity contribution >= 4 is 22.8 Å². The van der Waals surface area contributed by atoms with Crippen LogP contribution in [0.1, 0.15) is 15.9 Å². The van der Waals surface area contributed by atoms with Crippen molar-refractivity contribution in [2.75, 3.05) is 5.32 Å². The smallest absolute Gasteiger partial charge is 0.265 e. The molecule has 0 saturated carbocycles. The summed E-state index contributed by atoms with van der Waals surface area (Å²) >= 11 is 0. The van der Waals surface area contributed by atoms with Gasteiger partial charge in [0.2, 0.25) is 0 Å². The fourth-order valence-electron chi connectivity index (χ4n) is 2.77. The number of amides is 1. The molecule has 0 bridgehead atoms. The summed E-state index contributed by atoms with van der Waals surface area (Å²) < 4.78 is 20.0. The highest BCUT2D eigenvalue weighted by molar-refractivity contribution is 6.05. The zero-order chi connectivity index (χ0) is 18.8. The molecule has 0 fully saturated rings. The number of halogens is 1. The molecule has 7 nitrogen and oxygen atoms in total. The fraction of sp³-hybridized carbons (Fsp3) is 0.0526. The van der Waals surface area contributed by atoms with E-state index in [4.69, 9.17) is 0 Å². The number of hydrogen-bond acceptors (Lipinski definition) is 5. The summed E-state index contributed by atoms with van der Waals surface area (Å²) in [6.45, 7) is -0.0515. The molecule has 8 heteroatoms. The van der Waals surface area contributed by atoms with Crippen molar-refractivity contribution in [3.8, 4) is 0 Å². The first-order valence-corrected chi connectivity index (χ1v) is 8.07. The second-order valence-electron chi connectivity index (χ2n) is 5.80. The topological polar surface area (TPSA) is 90.0 Å². The first-order chi connectivity index (χ1) is 13.1. The Kier molecular flexibility index (Phi) is 4.21. The number of nitrogens with one attached hydrogen (secondary N) is 1. The van der Waals surface area contributed by atoms with Crippen LogP contribution in [-0.2, 0) is 6.54 Å². The predicted molar refractivity (Wildman–Crippen MR) is 96.0 cm³/mol. The monoisotopic (exact) mass is 364 g/mol. The lowest BCUT2D eigenvalue weighted by Gasteiger charge is -2.12. The van der Waals surface area contributed by atoms with Crippen molar-refractivity contribution in [3.05, 3.63) is 88.3 Å². The zero-order valence-corrected chi connectivity index (χ0v) is 13.9. The van der Waals surface area contributed by atoms with Crippen LogP contribution in [0.4, 0.5) is 10.2 Å². The summed E-state index contributed by atoms with van der Waals surface area (Å²) in [6, 6.07) is 12.5. The van der Waals surface area contributed by atoms with Crippen LogP contribution in [0.2, 0.25) is 0 Å². The number of carbonyl (C=O) groups excluding carboxylic acids is 1. The predicted octanol–water partition coefficient (Wildman–Crippen LogP) is 2.82. The third-order valence-electron chi connectivity index (χ3n) is 4.06. The molecule has 1 N–H and O–H groups in total. The molecule has 27 heavy (non-hydrogen) atoms. The second kappa shape index (κ2) is 6.83. The number of benzene rings is 1. The molecule has 1 amide bonds. The molecule has 4 aromatic rings. The van der Waals surface area contributed by atoms with Crippen molar-refractivity contribution < 1.29 is 13.7 Å². The molecule has 1 aromatic carbocycles. The van der Waals surface area contributed by atoms with Crippen LogP contribution in [-0.4, -0.2) is 20.6 Å². The maximum atomic E-state index is 14.1. The van der Waals surface area contributed by atoms with Gasteiger partial charge in [-0.25, -0.2) is 9.37 Å². The average molecular weight is 364 g/mol. The molecule has 0 radical (unpaired) electrons. The van der Waals surface area contributed by atoms with Gasteiger partial charge in [0.15, 0.2) is 5.82 Å². The van der Waals surface area contributed by atoms with E-state index < -0.39 is 17.3 Å². The minimum absolute atomic E-state index is 0.0515. The van der Waals surface area contributed by atoms with E-state index in [0.717, 1.165) is 0 Å². The van der Waals surface area contributed by atoms with Gasteiger partial charge < -0.3 is 9.84 Å². The third kappa shape index (κ3) is 3.20. The van der Waals surface area contributed by atoms with Crippen LogP contribution in [0.15, 0.2) is 70.3 Å². The van der Waals surface area contributed by atoms with Gasteiger partial charge in [-0.05, 0) is 24.3 Å². The summed E-state index contributed by atoms with van der Waals surface area (Å²) in [4.78, 5) is 29.7. The lowest BCUT2D eigenvalue weighted by Crippen LogP contribution is -2.30. The molecular formula is C19H13FN4O3. The number of pyridine rings is 2. The Bertz CT molecular complexity index is 1190. The van der Waals surface area contributed by atoms with E-state index >= 15 is 0 Å². The summed E-state index contributed by atoms with van der Waals surface area (Å²) in [5, 5.41) is 6.67. The van der Waals surface area contributed by atoms with Crippen LogP contribution < -0.4 is 10.9 Å². The van der Waals surface area contributed by atoms with Crippen LogP contribution in [0.3, 0.4) is 0 Å². The van der Waals surface area contributed by atoms with E-state index in [1.54, 1.807) is 30.3 Å². The first-order valence-electron chi connectivity index (χ1n) is 8.07. The third-order valence-corrected chi connectivity index (χ3v) is 4.06. The second-order valence-corrected chi connectivity index (χ2v) is 5.80. The molecule has 3 aromatic heterocycles. The van der Waals surface area contributed by atoms with Gasteiger partial charge in [0.05, 0.1) is 6.54 Å². The van der Waals surface area contributed by atoms with Gasteiger partial charge in [0.1, 0.15) is 23.3 Å². The van der Waals surface area contributed by atoms with Crippen molar-refractivity contribution in [2.45, 2.75) is 6.54 Å². The van der Waals surface area contributed by atoms with Crippen molar-refractivity contribution in [1.82, 2.24) is 14.7 Å². The van der Waals surface area contributed by atoms with Gasteiger partial charge >= 0.3 is 0 Å². The normalized spacial score (nSPS) is 10.9. The quantitative estimate of drug-likeness (QED) is 0.601. The largest absolute Gasteiger partial charge is 0.363 e. The number of nitrogens with zero attached hydrogens (tertiary/aromatic N) is 3. The minimum Gasteiger partial charge on any atom is -0.363 e. The van der Waals surface area contributed by atoms with E-state index in [9.17, 15) is 14.0 Å². The number of carbonyl (C=O) groups is 1. The highest BCUT2D eigenvalue weighted by Crippen LogP contribution is 2.15. The van der Waals surface area contributed by atoms with Gasteiger partial charge in [0, 0.05) is 23.2 Å². The number of fused-ring (bicyclic) bond motifs is 1. The highest BCUT2D eigenvalue weighted by Gasteiger charge is 2.18. The number of hydrogen-bond donors (Lipinski definition) is 1. The highest BCUT2D eigenvalue weighted by atomic mass is 19.1. The molecule has 0 saturated heterocycles. The Morgan fingerprint density at radius 2 is 2.04 bits per heavy atom. The van der Waals surface area contributed by atoms with E-state index in [1.165, 1.54) is 35.2 Å². The van der Waals surface area contributed by atoms with Crippen LogP contribution >= 0.6 is 0 Å². The first kappa shape index (κ1) is 16.6. The van der Waals surface area contributed by atoms with E-state index in [1.807, 2.05) is 0 Å². The number of rotatable bonds is 4. The number of anilines is 1. The maximum Gasteiger partial charge on any atom is 0.265 e. The van der Waals surface area contributed by atoms with Crippen LogP contribution in [0, 0.1) is 5.82 Å². The molecule has 3 heterocycles. The fourth-order valence-corrected chi connectivity index (χ4v) is 2.77. The Morgan fingerprint density at radius 3 is 2.81 bits per heavy atom. The lowest BCUT2D eigenvalue weighted by molar-refractivity contribution is 0.102. The van der Waals surface area contributed by atoms with Gasteiger partial charge in [-0.1, -0.05) is 23.4 Å². The summed E-state index contributed by atoms with van der Waals surface area (Å²) in [6.07, 6.45) is 2.84. The molecule has 0 aliphatic heterocycles. The Balaban J connectivity index is 1.84. The van der Waals surface area contributed by atoms with Crippen LogP contribution in [0.5, 0.6) is 0 Å². The van der Waals surface area contributed by atoms with Gasteiger partial charge in [-0.3, -0.25) is 14.2 Å². The molecule has 0 unspecified atom stereocenters. The Labute approximate surface area is 152 Å². The van der Waals surface area contributed by atoms with Gasteiger partial charge in [-0.15, -0.1) is 0 Å². The molecule has 134 valence electrons. The standard InChI is InChI=1S/C19H13FN4O3/c20-15-6-2-1-4-13(15)11-24-17-12(5-3-8-21-17)10-14(19(24)26)18(25)22-16-7-9-27-23-16/h1-10H,11H2,(H,22,23,25). The molecule has 0 atom stereocenters. The van der Waals surface area contributed by atoms with Crippen molar-refractivity contribution in [1.29, 1.82) is 0 Å². The number of aromatic nitrogens is 3. The summed E-state index contributed by atoms with van der Waals surface area (Å²) in [5.74, 6) is -0.890. The van der Waals surface area contributed by atoms with Crippen molar-refractivity contribution in [3.63, 3.8) is 0 Å². The van der Waals surface area contributed by atoms with E-state index in [-0.39, 0.29) is 17.9 Å². The molecule has 4 rings (SSSR count).